The molecule has 1 aromatic heterocycles. The van der Waals surface area contributed by atoms with E-state index in [1.165, 1.54) is 36.4 Å². The largest absolute Gasteiger partial charge is 0.312 e. The second-order valence-electron chi connectivity index (χ2n) is 5.38. The average molecular weight is 384 g/mol. The van der Waals surface area contributed by atoms with Gasteiger partial charge in [0.1, 0.15) is 5.56 Å². The summed E-state index contributed by atoms with van der Waals surface area (Å²) < 4.78 is 2.30. The fourth-order valence-electron chi connectivity index (χ4n) is 2.52. The van der Waals surface area contributed by atoms with E-state index >= 15 is 0 Å². The van der Waals surface area contributed by atoms with Crippen LogP contribution in [0, 0.1) is 20.2 Å². The zero-order chi connectivity index (χ0) is 19.6. The van der Waals surface area contributed by atoms with Gasteiger partial charge in [-0.15, -0.1) is 6.58 Å². The van der Waals surface area contributed by atoms with Gasteiger partial charge in [-0.25, -0.2) is 0 Å². The number of carbonyl (C=O) groups is 1. The van der Waals surface area contributed by atoms with Crippen molar-refractivity contribution in [3.8, 4) is 0 Å². The molecule has 2 aromatic carbocycles. The van der Waals surface area contributed by atoms with Gasteiger partial charge in [0.15, 0.2) is 4.80 Å². The maximum absolute atomic E-state index is 12.5. The molecular weight excluding hydrogens is 372 g/mol. The molecule has 3 rings (SSSR count). The van der Waals surface area contributed by atoms with Crippen LogP contribution < -0.4 is 4.80 Å². The van der Waals surface area contributed by atoms with E-state index in [0.717, 1.165) is 11.3 Å². The Kier molecular flexibility index (Phi) is 4.90. The van der Waals surface area contributed by atoms with E-state index < -0.39 is 15.8 Å². The van der Waals surface area contributed by atoms with Gasteiger partial charge in [-0.1, -0.05) is 29.5 Å². The number of benzene rings is 2. The number of non-ortho nitro benzene ring substituents is 1. The van der Waals surface area contributed by atoms with Crippen molar-refractivity contribution in [3.05, 3.63) is 85.7 Å². The number of nitro groups is 2. The Labute approximate surface area is 155 Å². The molecule has 0 saturated heterocycles. The molecule has 3 aromatic rings. The maximum Gasteiger partial charge on any atom is 0.286 e. The van der Waals surface area contributed by atoms with Crippen LogP contribution in [0.3, 0.4) is 0 Å². The third-order valence-corrected chi connectivity index (χ3v) is 4.78. The van der Waals surface area contributed by atoms with Crippen molar-refractivity contribution < 1.29 is 14.6 Å². The van der Waals surface area contributed by atoms with Gasteiger partial charge in [-0.05, 0) is 12.1 Å². The Morgan fingerprint density at radius 2 is 1.93 bits per heavy atom. The Balaban J connectivity index is 2.20. The van der Waals surface area contributed by atoms with Crippen molar-refractivity contribution in [2.75, 3.05) is 0 Å². The summed E-state index contributed by atoms with van der Waals surface area (Å²) in [5, 5.41) is 22.1. The summed E-state index contributed by atoms with van der Waals surface area (Å²) in [6.07, 6.45) is 1.57. The van der Waals surface area contributed by atoms with Crippen LogP contribution in [0.25, 0.3) is 10.2 Å². The molecule has 0 bridgehead atoms. The lowest BCUT2D eigenvalue weighted by atomic mass is 10.2. The van der Waals surface area contributed by atoms with Crippen LogP contribution in [-0.2, 0) is 6.54 Å². The molecule has 1 amide bonds. The first-order valence-corrected chi connectivity index (χ1v) is 8.45. The maximum atomic E-state index is 12.5. The minimum atomic E-state index is -0.763. The summed E-state index contributed by atoms with van der Waals surface area (Å²) in [6, 6.07) is 9.88. The Morgan fingerprint density at radius 3 is 2.59 bits per heavy atom. The summed E-state index contributed by atoms with van der Waals surface area (Å²) in [5.74, 6) is -0.763. The molecule has 0 aliphatic rings. The van der Waals surface area contributed by atoms with E-state index in [2.05, 4.69) is 11.6 Å². The topological polar surface area (TPSA) is 121 Å². The number of hydrogen-bond donors (Lipinski definition) is 0. The molecule has 0 saturated carbocycles. The Hall–Kier alpha value is -3.66. The van der Waals surface area contributed by atoms with Crippen molar-refractivity contribution in [2.24, 2.45) is 4.99 Å². The fourth-order valence-corrected chi connectivity index (χ4v) is 3.54. The normalized spacial score (nSPS) is 11.5. The Bertz CT molecular complexity index is 1160. The molecule has 1 heterocycles. The quantitative estimate of drug-likeness (QED) is 0.379. The standard InChI is InChI=1S/C17H12N4O5S/c1-2-9-19-14-10-11(20(23)24)7-8-15(14)27-17(19)18-16(22)12-5-3-4-6-13(12)21(25)26/h2-8,10H,1,9H2. The van der Waals surface area contributed by atoms with Gasteiger partial charge in [0.25, 0.3) is 17.3 Å². The molecule has 9 nitrogen and oxygen atoms in total. The lowest BCUT2D eigenvalue weighted by molar-refractivity contribution is -0.385. The number of fused-ring (bicyclic) bond motifs is 1. The highest BCUT2D eigenvalue weighted by atomic mass is 32.1. The highest BCUT2D eigenvalue weighted by molar-refractivity contribution is 7.16. The molecule has 0 unspecified atom stereocenters. The first kappa shape index (κ1) is 18.1. The molecule has 0 spiro atoms. The molecular formula is C17H12N4O5S. The van der Waals surface area contributed by atoms with Crippen LogP contribution in [-0.4, -0.2) is 20.3 Å². The van der Waals surface area contributed by atoms with Crippen molar-refractivity contribution in [1.82, 2.24) is 4.57 Å². The van der Waals surface area contributed by atoms with Crippen LogP contribution in [0.2, 0.25) is 0 Å². The molecule has 0 atom stereocenters. The number of nitro benzene ring substituents is 2. The van der Waals surface area contributed by atoms with Gasteiger partial charge in [0, 0.05) is 24.7 Å². The lowest BCUT2D eigenvalue weighted by Gasteiger charge is -2.01. The number of nitrogens with zero attached hydrogens (tertiary/aromatic N) is 4. The first-order chi connectivity index (χ1) is 12.9. The first-order valence-electron chi connectivity index (χ1n) is 7.63. The predicted octanol–water partition coefficient (Wildman–Crippen LogP) is 3.45. The van der Waals surface area contributed by atoms with E-state index in [4.69, 9.17) is 0 Å². The van der Waals surface area contributed by atoms with Crippen LogP contribution in [0.5, 0.6) is 0 Å². The summed E-state index contributed by atoms with van der Waals surface area (Å²) in [7, 11) is 0. The van der Waals surface area contributed by atoms with Crippen LogP contribution in [0.1, 0.15) is 10.4 Å². The Morgan fingerprint density at radius 1 is 1.19 bits per heavy atom. The zero-order valence-corrected chi connectivity index (χ0v) is 14.6. The number of hydrogen-bond acceptors (Lipinski definition) is 6. The van der Waals surface area contributed by atoms with Crippen LogP contribution in [0.4, 0.5) is 11.4 Å². The fraction of sp³-hybridized carbons (Fsp3) is 0.0588. The van der Waals surface area contributed by atoms with Gasteiger partial charge < -0.3 is 4.57 Å². The molecule has 0 N–H and O–H groups in total. The third-order valence-electron chi connectivity index (χ3n) is 3.72. The number of aromatic nitrogens is 1. The molecule has 10 heteroatoms. The van der Waals surface area contributed by atoms with Crippen molar-refractivity contribution in [2.45, 2.75) is 6.54 Å². The van der Waals surface area contributed by atoms with E-state index in [0.29, 0.717) is 10.2 Å². The van der Waals surface area contributed by atoms with Crippen LogP contribution >= 0.6 is 11.3 Å². The minimum absolute atomic E-state index is 0.0883. The van der Waals surface area contributed by atoms with Gasteiger partial charge in [0.05, 0.1) is 20.1 Å². The summed E-state index contributed by atoms with van der Waals surface area (Å²) >= 11 is 1.16. The van der Waals surface area contributed by atoms with Crippen molar-refractivity contribution in [1.29, 1.82) is 0 Å². The van der Waals surface area contributed by atoms with Gasteiger partial charge in [-0.2, -0.15) is 4.99 Å². The number of allylic oxidation sites excluding steroid dienone is 1. The molecule has 0 aliphatic heterocycles. The second-order valence-corrected chi connectivity index (χ2v) is 6.39. The van der Waals surface area contributed by atoms with Crippen molar-refractivity contribution in [3.63, 3.8) is 0 Å². The summed E-state index contributed by atoms with van der Waals surface area (Å²) in [6.45, 7) is 3.92. The number of amides is 1. The van der Waals surface area contributed by atoms with Gasteiger partial charge >= 0.3 is 0 Å². The molecule has 136 valence electrons. The highest BCUT2D eigenvalue weighted by Crippen LogP contribution is 2.24. The third kappa shape index (κ3) is 3.51. The summed E-state index contributed by atoms with van der Waals surface area (Å²) in [5.41, 5.74) is -0.0211. The predicted molar refractivity (Wildman–Crippen MR) is 99.7 cm³/mol. The average Bonchev–Trinajstić information content (AvgIpc) is 2.98. The lowest BCUT2D eigenvalue weighted by Crippen LogP contribution is -2.16. The smallest absolute Gasteiger partial charge is 0.286 e. The van der Waals surface area contributed by atoms with Gasteiger partial charge in [0.2, 0.25) is 0 Å². The molecule has 27 heavy (non-hydrogen) atoms. The number of para-hydroxylation sites is 1. The van der Waals surface area contributed by atoms with E-state index in [9.17, 15) is 25.0 Å². The summed E-state index contributed by atoms with van der Waals surface area (Å²) in [4.78, 5) is 37.8. The molecule has 0 aliphatic carbocycles. The van der Waals surface area contributed by atoms with Crippen LogP contribution in [0.15, 0.2) is 60.1 Å². The second kappa shape index (κ2) is 7.30. The number of carbonyl (C=O) groups excluding carboxylic acids is 1. The van der Waals surface area contributed by atoms with E-state index in [1.807, 2.05) is 0 Å². The molecule has 0 fully saturated rings. The monoisotopic (exact) mass is 384 g/mol. The number of rotatable bonds is 5. The highest BCUT2D eigenvalue weighted by Gasteiger charge is 2.19. The SMILES string of the molecule is C=CCn1c(=NC(=O)c2ccccc2[N+](=O)[O-])sc2ccc([N+](=O)[O-])cc21. The minimum Gasteiger partial charge on any atom is -0.312 e. The van der Waals surface area contributed by atoms with E-state index in [1.54, 1.807) is 16.7 Å². The van der Waals surface area contributed by atoms with Crippen molar-refractivity contribution >= 4 is 38.8 Å². The zero-order valence-electron chi connectivity index (χ0n) is 13.8. The van der Waals surface area contributed by atoms with E-state index in [-0.39, 0.29) is 28.3 Å². The number of thiazole rings is 1. The van der Waals surface area contributed by atoms with Gasteiger partial charge in [-0.3, -0.25) is 25.0 Å². The molecule has 0 radical (unpaired) electrons.